The van der Waals surface area contributed by atoms with E-state index in [1.54, 1.807) is 6.92 Å². The summed E-state index contributed by atoms with van der Waals surface area (Å²) < 4.78 is 32.5. The molecule has 0 saturated carbocycles. The van der Waals surface area contributed by atoms with E-state index >= 15 is 0 Å². The summed E-state index contributed by atoms with van der Waals surface area (Å²) in [4.78, 5) is 34.6. The molecule has 0 saturated heterocycles. The molecule has 0 fully saturated rings. The summed E-state index contributed by atoms with van der Waals surface area (Å²) in [5.74, 6) is -0.846. The monoisotopic (exact) mass is 696 g/mol. The molecule has 1 N–H and O–H groups in total. The maximum absolute atomic E-state index is 12.5. The zero-order chi connectivity index (χ0) is 35.4. The van der Waals surface area contributed by atoms with Crippen LogP contribution in [0.4, 0.5) is 0 Å². The largest absolute Gasteiger partial charge is 0.472 e. The highest BCUT2D eigenvalue weighted by molar-refractivity contribution is 7.47. The summed E-state index contributed by atoms with van der Waals surface area (Å²) in [6.07, 6.45) is 38.8. The van der Waals surface area contributed by atoms with Gasteiger partial charge in [-0.05, 0) is 77.6 Å². The summed E-state index contributed by atoms with van der Waals surface area (Å²) in [6.45, 7) is 5.29. The fourth-order valence-electron chi connectivity index (χ4n) is 4.87. The Labute approximate surface area is 293 Å². The van der Waals surface area contributed by atoms with Crippen molar-refractivity contribution in [3.63, 3.8) is 0 Å². The van der Waals surface area contributed by atoms with Crippen LogP contribution in [-0.2, 0) is 32.7 Å². The van der Waals surface area contributed by atoms with Crippen molar-refractivity contribution < 1.29 is 37.6 Å². The number of carbonyl (C=O) groups is 2. The second kappa shape index (κ2) is 34.9. The fourth-order valence-corrected chi connectivity index (χ4v) is 5.63. The average Bonchev–Trinajstić information content (AvgIpc) is 3.06. The molecule has 0 spiro atoms. The van der Waals surface area contributed by atoms with Crippen LogP contribution in [0.2, 0.25) is 0 Å². The summed E-state index contributed by atoms with van der Waals surface area (Å²) in [7, 11) is -4.28. The second-order valence-corrected chi connectivity index (χ2v) is 13.7. The van der Waals surface area contributed by atoms with E-state index in [-0.39, 0.29) is 32.0 Å². The predicted octanol–water partition coefficient (Wildman–Crippen LogP) is 11.4. The number of esters is 2. The van der Waals surface area contributed by atoms with E-state index in [1.165, 1.54) is 44.9 Å². The third-order valence-electron chi connectivity index (χ3n) is 7.62. The van der Waals surface area contributed by atoms with Crippen molar-refractivity contribution in [2.75, 3.05) is 19.8 Å². The Morgan fingerprint density at radius 2 is 1.06 bits per heavy atom. The highest BCUT2D eigenvalue weighted by Crippen LogP contribution is 2.43. The van der Waals surface area contributed by atoms with E-state index in [0.29, 0.717) is 6.42 Å². The first-order valence-corrected chi connectivity index (χ1v) is 20.4. The Hall–Kier alpha value is -1.99. The standard InChI is InChI=1S/C39H69O8P/c1-4-7-9-11-13-15-17-19-20-22-23-25-27-29-31-33-38(40)44-35-37(36-46-48(42,43)45-6-3)47-39(41)34-32-30-28-26-24-21-18-16-14-12-10-8-5-2/h8,10,14,16,19-21,24,37H,4-7,9,11-13,15,17-18,22-23,25-36H2,1-3H3,(H,42,43)/b10-8-,16-14-,20-19-,24-21-. The molecule has 0 bridgehead atoms. The minimum Gasteiger partial charge on any atom is -0.462 e. The smallest absolute Gasteiger partial charge is 0.462 e. The maximum atomic E-state index is 12.5. The number of rotatable bonds is 34. The molecule has 0 heterocycles. The zero-order valence-electron chi connectivity index (χ0n) is 30.6. The summed E-state index contributed by atoms with van der Waals surface area (Å²) in [5, 5.41) is 0. The lowest BCUT2D eigenvalue weighted by Gasteiger charge is -2.19. The van der Waals surface area contributed by atoms with Gasteiger partial charge in [0, 0.05) is 12.8 Å². The molecule has 8 nitrogen and oxygen atoms in total. The van der Waals surface area contributed by atoms with Gasteiger partial charge >= 0.3 is 19.8 Å². The van der Waals surface area contributed by atoms with E-state index < -0.39 is 26.5 Å². The number of hydrogen-bond donors (Lipinski definition) is 1. The van der Waals surface area contributed by atoms with Crippen molar-refractivity contribution in [1.82, 2.24) is 0 Å². The minimum absolute atomic E-state index is 0.00823. The topological polar surface area (TPSA) is 108 Å². The highest BCUT2D eigenvalue weighted by atomic mass is 31.2. The van der Waals surface area contributed by atoms with E-state index in [4.69, 9.17) is 18.5 Å². The van der Waals surface area contributed by atoms with Crippen molar-refractivity contribution in [3.8, 4) is 0 Å². The lowest BCUT2D eigenvalue weighted by atomic mass is 10.1. The van der Waals surface area contributed by atoms with Crippen LogP contribution in [0.3, 0.4) is 0 Å². The van der Waals surface area contributed by atoms with E-state index in [9.17, 15) is 19.0 Å². The van der Waals surface area contributed by atoms with Crippen LogP contribution >= 0.6 is 7.82 Å². The van der Waals surface area contributed by atoms with Gasteiger partial charge in [-0.3, -0.25) is 18.6 Å². The van der Waals surface area contributed by atoms with E-state index in [0.717, 1.165) is 77.0 Å². The van der Waals surface area contributed by atoms with Crippen molar-refractivity contribution in [1.29, 1.82) is 0 Å². The molecular formula is C39H69O8P. The van der Waals surface area contributed by atoms with Gasteiger partial charge in [-0.15, -0.1) is 0 Å². The van der Waals surface area contributed by atoms with Gasteiger partial charge < -0.3 is 14.4 Å². The highest BCUT2D eigenvalue weighted by Gasteiger charge is 2.25. The normalized spacial score (nSPS) is 14.0. The number of allylic oxidation sites excluding steroid dienone is 8. The quantitative estimate of drug-likeness (QED) is 0.0306. The molecule has 2 atom stereocenters. The van der Waals surface area contributed by atoms with Gasteiger partial charge in [0.25, 0.3) is 0 Å². The van der Waals surface area contributed by atoms with Gasteiger partial charge in [-0.1, -0.05) is 120 Å². The van der Waals surface area contributed by atoms with Crippen molar-refractivity contribution >= 4 is 19.8 Å². The molecule has 0 aromatic heterocycles. The molecular weight excluding hydrogens is 627 g/mol. The van der Waals surface area contributed by atoms with Crippen LogP contribution in [0.15, 0.2) is 48.6 Å². The Balaban J connectivity index is 4.21. The van der Waals surface area contributed by atoms with Gasteiger partial charge in [-0.25, -0.2) is 4.57 Å². The number of carbonyl (C=O) groups excluding carboxylic acids is 2. The van der Waals surface area contributed by atoms with E-state index in [2.05, 4.69) is 62.5 Å². The maximum Gasteiger partial charge on any atom is 0.472 e. The van der Waals surface area contributed by atoms with Crippen LogP contribution in [0.25, 0.3) is 0 Å². The number of unbranched alkanes of at least 4 members (excludes halogenated alkanes) is 14. The fraction of sp³-hybridized carbons (Fsp3) is 0.744. The number of hydrogen-bond acceptors (Lipinski definition) is 7. The molecule has 9 heteroatoms. The minimum atomic E-state index is -4.28. The molecule has 0 aromatic carbocycles. The summed E-state index contributed by atoms with van der Waals surface area (Å²) in [5.41, 5.74) is 0. The van der Waals surface area contributed by atoms with Gasteiger partial charge in [-0.2, -0.15) is 0 Å². The zero-order valence-corrected chi connectivity index (χ0v) is 31.5. The molecule has 48 heavy (non-hydrogen) atoms. The molecule has 0 aliphatic rings. The lowest BCUT2D eigenvalue weighted by Crippen LogP contribution is -2.29. The third-order valence-corrected chi connectivity index (χ3v) is 8.68. The Kier molecular flexibility index (Phi) is 33.4. The van der Waals surface area contributed by atoms with Crippen LogP contribution in [0.1, 0.15) is 162 Å². The lowest BCUT2D eigenvalue weighted by molar-refractivity contribution is -0.161. The molecule has 0 aliphatic carbocycles. The van der Waals surface area contributed by atoms with Gasteiger partial charge in [0.2, 0.25) is 0 Å². The first-order chi connectivity index (χ1) is 23.3. The SMILES string of the molecule is CC/C=C\C/C=C\C/C=C\CCCCCC(=O)OC(COC(=O)CCCCCCC/C=C\CCCCCCCC)COP(=O)(O)OCC. The van der Waals surface area contributed by atoms with Crippen molar-refractivity contribution in [2.24, 2.45) is 0 Å². The first kappa shape index (κ1) is 46.0. The molecule has 0 radical (unpaired) electrons. The summed E-state index contributed by atoms with van der Waals surface area (Å²) in [6, 6.07) is 0. The van der Waals surface area contributed by atoms with Crippen LogP contribution in [-0.4, -0.2) is 42.8 Å². The Morgan fingerprint density at radius 3 is 1.65 bits per heavy atom. The van der Waals surface area contributed by atoms with E-state index in [1.807, 2.05) is 0 Å². The number of phosphoric ester groups is 1. The van der Waals surface area contributed by atoms with Gasteiger partial charge in [0.1, 0.15) is 6.61 Å². The average molecular weight is 697 g/mol. The van der Waals surface area contributed by atoms with Crippen LogP contribution in [0.5, 0.6) is 0 Å². The molecule has 0 amide bonds. The number of phosphoric acid groups is 1. The van der Waals surface area contributed by atoms with Crippen LogP contribution in [0, 0.1) is 0 Å². The third kappa shape index (κ3) is 33.9. The number of ether oxygens (including phenoxy) is 2. The molecule has 0 aliphatic heterocycles. The van der Waals surface area contributed by atoms with Gasteiger partial charge in [0.15, 0.2) is 6.10 Å². The first-order valence-electron chi connectivity index (χ1n) is 18.9. The summed E-state index contributed by atoms with van der Waals surface area (Å²) >= 11 is 0. The van der Waals surface area contributed by atoms with Crippen molar-refractivity contribution in [2.45, 2.75) is 168 Å². The van der Waals surface area contributed by atoms with Crippen molar-refractivity contribution in [3.05, 3.63) is 48.6 Å². The van der Waals surface area contributed by atoms with Gasteiger partial charge in [0.05, 0.1) is 13.2 Å². The van der Waals surface area contributed by atoms with Crippen LogP contribution < -0.4 is 0 Å². The predicted molar refractivity (Wildman–Crippen MR) is 198 cm³/mol. The molecule has 0 rings (SSSR count). The molecule has 2 unspecified atom stereocenters. The Bertz CT molecular complexity index is 927. The Morgan fingerprint density at radius 1 is 0.583 bits per heavy atom. The molecule has 278 valence electrons. The molecule has 0 aromatic rings. The second-order valence-electron chi connectivity index (χ2n) is 12.2.